The van der Waals surface area contributed by atoms with Crippen molar-refractivity contribution in [1.29, 1.82) is 0 Å². The summed E-state index contributed by atoms with van der Waals surface area (Å²) < 4.78 is 5.17. The summed E-state index contributed by atoms with van der Waals surface area (Å²) in [6.07, 6.45) is 3.20. The van der Waals surface area contributed by atoms with E-state index in [1.807, 2.05) is 0 Å². The molecule has 0 amide bonds. The molecule has 0 aliphatic heterocycles. The van der Waals surface area contributed by atoms with Gasteiger partial charge in [0.05, 0.1) is 6.20 Å². The molecular weight excluding hydrogens is 140 g/mol. The van der Waals surface area contributed by atoms with Crippen LogP contribution in [-0.2, 0) is 0 Å². The van der Waals surface area contributed by atoms with Gasteiger partial charge in [-0.15, -0.1) is 0 Å². The number of hydrogen-bond acceptors (Lipinski definition) is 3. The van der Waals surface area contributed by atoms with Gasteiger partial charge in [0.15, 0.2) is 6.39 Å². The molecule has 0 bridgehead atoms. The highest BCUT2D eigenvalue weighted by atomic mass is 16.3. The molecule has 1 aliphatic carbocycles. The van der Waals surface area contributed by atoms with Crippen LogP contribution in [0.3, 0.4) is 0 Å². The van der Waals surface area contributed by atoms with Gasteiger partial charge in [0.25, 0.3) is 0 Å². The molecule has 0 unspecified atom stereocenters. The average Bonchev–Trinajstić information content (AvgIpc) is 2.40. The summed E-state index contributed by atoms with van der Waals surface area (Å²) in [4.78, 5) is 3.86. The maximum atomic E-state index is 5.85. The van der Waals surface area contributed by atoms with E-state index in [0.717, 1.165) is 5.76 Å². The molecule has 2 rings (SSSR count). The van der Waals surface area contributed by atoms with Crippen molar-refractivity contribution in [2.45, 2.75) is 25.8 Å². The summed E-state index contributed by atoms with van der Waals surface area (Å²) in [6.45, 7) is 4.29. The third kappa shape index (κ3) is 0.807. The third-order valence-electron chi connectivity index (χ3n) is 2.67. The van der Waals surface area contributed by atoms with Crippen LogP contribution in [-0.4, -0.2) is 11.0 Å². The first kappa shape index (κ1) is 6.85. The lowest BCUT2D eigenvalue weighted by Crippen LogP contribution is -2.06. The first-order valence-corrected chi connectivity index (χ1v) is 3.78. The highest BCUT2D eigenvalue weighted by Gasteiger charge is 2.58. The second-order valence-corrected chi connectivity index (χ2v) is 3.73. The Morgan fingerprint density at radius 2 is 2.27 bits per heavy atom. The molecule has 1 fully saturated rings. The van der Waals surface area contributed by atoms with Gasteiger partial charge in [0.2, 0.25) is 0 Å². The number of nitrogens with two attached hydrogens (primary N) is 1. The molecule has 1 saturated carbocycles. The summed E-state index contributed by atoms with van der Waals surface area (Å²) >= 11 is 0. The Balaban J connectivity index is 2.23. The lowest BCUT2D eigenvalue weighted by atomic mass is 10.1. The predicted octanol–water partition coefficient (Wildman–Crippen LogP) is 1.13. The van der Waals surface area contributed by atoms with Crippen molar-refractivity contribution in [3.8, 4) is 0 Å². The Hall–Kier alpha value is -0.830. The molecule has 60 valence electrons. The Morgan fingerprint density at radius 3 is 2.64 bits per heavy atom. The SMILES string of the molecule is CC1(C)[C@@H](N)[C@@H]1c1cnco1. The van der Waals surface area contributed by atoms with Crippen LogP contribution in [0.2, 0.25) is 0 Å². The topological polar surface area (TPSA) is 52.0 Å². The van der Waals surface area contributed by atoms with Crippen molar-refractivity contribution in [3.63, 3.8) is 0 Å². The monoisotopic (exact) mass is 152 g/mol. The maximum absolute atomic E-state index is 5.85. The minimum absolute atomic E-state index is 0.194. The van der Waals surface area contributed by atoms with E-state index in [0.29, 0.717) is 5.92 Å². The molecule has 1 aliphatic rings. The summed E-state index contributed by atoms with van der Waals surface area (Å²) in [5, 5.41) is 0. The van der Waals surface area contributed by atoms with Crippen LogP contribution in [0.4, 0.5) is 0 Å². The number of oxazole rings is 1. The number of aromatic nitrogens is 1. The fourth-order valence-electron chi connectivity index (χ4n) is 1.60. The lowest BCUT2D eigenvalue weighted by Gasteiger charge is -1.96. The molecule has 1 aromatic heterocycles. The zero-order chi connectivity index (χ0) is 8.06. The standard InChI is InChI=1S/C8H12N2O/c1-8(2)6(7(8)9)5-3-10-4-11-5/h3-4,6-7H,9H2,1-2H3/t6-,7-/m0/s1. The zero-order valence-corrected chi connectivity index (χ0v) is 6.74. The molecule has 0 spiro atoms. The summed E-state index contributed by atoms with van der Waals surface area (Å²) in [6, 6.07) is 0.232. The normalized spacial score (nSPS) is 33.7. The number of rotatable bonds is 1. The van der Waals surface area contributed by atoms with Gasteiger partial charge in [-0.1, -0.05) is 13.8 Å². The van der Waals surface area contributed by atoms with Gasteiger partial charge in [0, 0.05) is 12.0 Å². The fourth-order valence-corrected chi connectivity index (χ4v) is 1.60. The second kappa shape index (κ2) is 1.85. The average molecular weight is 152 g/mol. The highest BCUT2D eigenvalue weighted by Crippen LogP contribution is 2.57. The number of nitrogens with zero attached hydrogens (tertiary/aromatic N) is 1. The van der Waals surface area contributed by atoms with E-state index in [-0.39, 0.29) is 11.5 Å². The number of hydrogen-bond donors (Lipinski definition) is 1. The Bertz CT molecular complexity index is 253. The van der Waals surface area contributed by atoms with Gasteiger partial charge in [-0.3, -0.25) is 0 Å². The minimum Gasteiger partial charge on any atom is -0.448 e. The van der Waals surface area contributed by atoms with Gasteiger partial charge >= 0.3 is 0 Å². The minimum atomic E-state index is 0.194. The molecule has 0 aromatic carbocycles. The highest BCUT2D eigenvalue weighted by molar-refractivity contribution is 5.25. The molecule has 3 heteroatoms. The van der Waals surface area contributed by atoms with E-state index >= 15 is 0 Å². The quantitative estimate of drug-likeness (QED) is 0.656. The molecule has 1 heterocycles. The molecule has 1 aromatic rings. The van der Waals surface area contributed by atoms with Crippen LogP contribution in [0, 0.1) is 5.41 Å². The molecule has 3 nitrogen and oxygen atoms in total. The zero-order valence-electron chi connectivity index (χ0n) is 6.74. The van der Waals surface area contributed by atoms with Crippen molar-refractivity contribution >= 4 is 0 Å². The van der Waals surface area contributed by atoms with E-state index < -0.39 is 0 Å². The first-order valence-electron chi connectivity index (χ1n) is 3.78. The summed E-state index contributed by atoms with van der Waals surface area (Å²) in [7, 11) is 0. The predicted molar refractivity (Wildman–Crippen MR) is 41.0 cm³/mol. The molecule has 0 saturated heterocycles. The van der Waals surface area contributed by atoms with E-state index in [4.69, 9.17) is 10.2 Å². The third-order valence-corrected chi connectivity index (χ3v) is 2.67. The maximum Gasteiger partial charge on any atom is 0.180 e. The van der Waals surface area contributed by atoms with Gasteiger partial charge in [-0.25, -0.2) is 4.98 Å². The van der Waals surface area contributed by atoms with Crippen molar-refractivity contribution in [2.24, 2.45) is 11.1 Å². The molecule has 2 atom stereocenters. The van der Waals surface area contributed by atoms with E-state index in [9.17, 15) is 0 Å². The van der Waals surface area contributed by atoms with Crippen LogP contribution < -0.4 is 5.73 Å². The van der Waals surface area contributed by atoms with Crippen LogP contribution in [0.25, 0.3) is 0 Å². The van der Waals surface area contributed by atoms with Gasteiger partial charge < -0.3 is 10.2 Å². The van der Waals surface area contributed by atoms with Gasteiger partial charge in [-0.05, 0) is 5.41 Å². The summed E-state index contributed by atoms with van der Waals surface area (Å²) in [5.74, 6) is 1.28. The fraction of sp³-hybridized carbons (Fsp3) is 0.625. The smallest absolute Gasteiger partial charge is 0.180 e. The molecule has 0 radical (unpaired) electrons. The van der Waals surface area contributed by atoms with Gasteiger partial charge in [0.1, 0.15) is 5.76 Å². The molecular formula is C8H12N2O. The summed E-state index contributed by atoms with van der Waals surface area (Å²) in [5.41, 5.74) is 6.04. The van der Waals surface area contributed by atoms with E-state index in [1.165, 1.54) is 6.39 Å². The van der Waals surface area contributed by atoms with E-state index in [1.54, 1.807) is 6.20 Å². The Labute approximate surface area is 65.6 Å². The van der Waals surface area contributed by atoms with E-state index in [2.05, 4.69) is 18.8 Å². The molecule has 11 heavy (non-hydrogen) atoms. The Morgan fingerprint density at radius 1 is 1.64 bits per heavy atom. The van der Waals surface area contributed by atoms with Crippen LogP contribution in [0.5, 0.6) is 0 Å². The van der Waals surface area contributed by atoms with Crippen LogP contribution in [0.1, 0.15) is 25.5 Å². The second-order valence-electron chi connectivity index (χ2n) is 3.73. The first-order chi connectivity index (χ1) is 5.14. The van der Waals surface area contributed by atoms with Gasteiger partial charge in [-0.2, -0.15) is 0 Å². The molecule has 2 N–H and O–H groups in total. The largest absolute Gasteiger partial charge is 0.448 e. The van der Waals surface area contributed by atoms with Crippen molar-refractivity contribution < 1.29 is 4.42 Å². The van der Waals surface area contributed by atoms with Crippen LogP contribution in [0.15, 0.2) is 17.0 Å². The van der Waals surface area contributed by atoms with Crippen molar-refractivity contribution in [2.75, 3.05) is 0 Å². The Kier molecular flexibility index (Phi) is 1.16. The lowest BCUT2D eigenvalue weighted by molar-refractivity contribution is 0.478. The van der Waals surface area contributed by atoms with Crippen molar-refractivity contribution in [1.82, 2.24) is 4.98 Å². The van der Waals surface area contributed by atoms with Crippen molar-refractivity contribution in [3.05, 3.63) is 18.4 Å². The van der Waals surface area contributed by atoms with Crippen LogP contribution >= 0.6 is 0 Å².